The molecule has 0 fully saturated rings. The minimum absolute atomic E-state index is 0.397. The SMILES string of the molecule is Cc1cccc2c1N(C)C(C(=O)O)C2. The summed E-state index contributed by atoms with van der Waals surface area (Å²) < 4.78 is 0. The number of hydrogen-bond donors (Lipinski definition) is 1. The molecule has 0 radical (unpaired) electrons. The minimum atomic E-state index is -0.747. The first-order chi connectivity index (χ1) is 6.61. The quantitative estimate of drug-likeness (QED) is 0.730. The van der Waals surface area contributed by atoms with Crippen molar-refractivity contribution in [2.45, 2.75) is 19.4 Å². The topological polar surface area (TPSA) is 40.5 Å². The van der Waals surface area contributed by atoms with Gasteiger partial charge in [-0.05, 0) is 18.1 Å². The molecule has 3 heteroatoms. The summed E-state index contributed by atoms with van der Waals surface area (Å²) in [7, 11) is 1.84. The molecule has 0 amide bonds. The zero-order chi connectivity index (χ0) is 10.3. The summed E-state index contributed by atoms with van der Waals surface area (Å²) >= 11 is 0. The van der Waals surface area contributed by atoms with E-state index in [1.165, 1.54) is 0 Å². The molecule has 0 saturated heterocycles. The molecule has 0 aliphatic carbocycles. The first kappa shape index (κ1) is 9.06. The number of carboxylic acids is 1. The van der Waals surface area contributed by atoms with Crippen LogP contribution in [-0.2, 0) is 11.2 Å². The Hall–Kier alpha value is -1.51. The van der Waals surface area contributed by atoms with E-state index in [4.69, 9.17) is 5.11 Å². The lowest BCUT2D eigenvalue weighted by Crippen LogP contribution is -2.35. The highest BCUT2D eigenvalue weighted by molar-refractivity contribution is 5.83. The van der Waals surface area contributed by atoms with Gasteiger partial charge in [-0.15, -0.1) is 0 Å². The van der Waals surface area contributed by atoms with Crippen molar-refractivity contribution < 1.29 is 9.90 Å². The van der Waals surface area contributed by atoms with Gasteiger partial charge in [0, 0.05) is 19.2 Å². The van der Waals surface area contributed by atoms with Crippen molar-refractivity contribution in [3.63, 3.8) is 0 Å². The lowest BCUT2D eigenvalue weighted by molar-refractivity contribution is -0.138. The van der Waals surface area contributed by atoms with E-state index in [1.807, 2.05) is 37.1 Å². The van der Waals surface area contributed by atoms with Crippen LogP contribution >= 0.6 is 0 Å². The van der Waals surface area contributed by atoms with Crippen LogP contribution in [0.15, 0.2) is 18.2 Å². The van der Waals surface area contributed by atoms with Crippen molar-refractivity contribution >= 4 is 11.7 Å². The van der Waals surface area contributed by atoms with Crippen LogP contribution in [-0.4, -0.2) is 24.2 Å². The first-order valence-corrected chi connectivity index (χ1v) is 4.65. The Balaban J connectivity index is 2.46. The molecule has 74 valence electrons. The molecular formula is C11H13NO2. The highest BCUT2D eigenvalue weighted by Gasteiger charge is 2.32. The molecule has 1 aromatic carbocycles. The van der Waals surface area contributed by atoms with Crippen LogP contribution in [0.2, 0.25) is 0 Å². The summed E-state index contributed by atoms with van der Waals surface area (Å²) in [5.41, 5.74) is 3.37. The second kappa shape index (κ2) is 3.01. The summed E-state index contributed by atoms with van der Waals surface area (Å²) in [5, 5.41) is 9.01. The van der Waals surface area contributed by atoms with Crippen LogP contribution in [0.1, 0.15) is 11.1 Å². The fourth-order valence-corrected chi connectivity index (χ4v) is 2.14. The highest BCUT2D eigenvalue weighted by atomic mass is 16.4. The van der Waals surface area contributed by atoms with E-state index < -0.39 is 12.0 Å². The van der Waals surface area contributed by atoms with Crippen LogP contribution in [0.25, 0.3) is 0 Å². The molecule has 1 atom stereocenters. The van der Waals surface area contributed by atoms with E-state index in [2.05, 4.69) is 0 Å². The molecular weight excluding hydrogens is 178 g/mol. The van der Waals surface area contributed by atoms with Gasteiger partial charge in [0.2, 0.25) is 0 Å². The van der Waals surface area contributed by atoms with Gasteiger partial charge < -0.3 is 10.0 Å². The molecule has 0 bridgehead atoms. The summed E-state index contributed by atoms with van der Waals surface area (Å²) in [4.78, 5) is 12.8. The Morgan fingerprint density at radius 1 is 1.57 bits per heavy atom. The fourth-order valence-electron chi connectivity index (χ4n) is 2.14. The smallest absolute Gasteiger partial charge is 0.326 e. The fraction of sp³-hybridized carbons (Fsp3) is 0.364. The van der Waals surface area contributed by atoms with Gasteiger partial charge in [-0.3, -0.25) is 0 Å². The zero-order valence-electron chi connectivity index (χ0n) is 8.32. The van der Waals surface area contributed by atoms with E-state index in [0.717, 1.165) is 16.8 Å². The predicted molar refractivity (Wildman–Crippen MR) is 54.7 cm³/mol. The van der Waals surface area contributed by atoms with Gasteiger partial charge in [-0.2, -0.15) is 0 Å². The largest absolute Gasteiger partial charge is 0.480 e. The van der Waals surface area contributed by atoms with E-state index in [9.17, 15) is 4.79 Å². The van der Waals surface area contributed by atoms with E-state index in [0.29, 0.717) is 6.42 Å². The normalized spacial score (nSPS) is 19.6. The summed E-state index contributed by atoms with van der Waals surface area (Å²) in [5.74, 6) is -0.747. The van der Waals surface area contributed by atoms with Crippen molar-refractivity contribution in [3.8, 4) is 0 Å². The Morgan fingerprint density at radius 3 is 2.86 bits per heavy atom. The van der Waals surface area contributed by atoms with Crippen molar-refractivity contribution in [1.82, 2.24) is 0 Å². The molecule has 1 N–H and O–H groups in total. The molecule has 14 heavy (non-hydrogen) atoms. The van der Waals surface area contributed by atoms with E-state index >= 15 is 0 Å². The molecule has 1 unspecified atom stereocenters. The number of benzene rings is 1. The van der Waals surface area contributed by atoms with Gasteiger partial charge in [-0.25, -0.2) is 4.79 Å². The van der Waals surface area contributed by atoms with Crippen LogP contribution in [0.5, 0.6) is 0 Å². The Bertz CT molecular complexity index is 387. The van der Waals surface area contributed by atoms with Crippen molar-refractivity contribution in [3.05, 3.63) is 29.3 Å². The third kappa shape index (κ3) is 1.16. The highest BCUT2D eigenvalue weighted by Crippen LogP contribution is 2.33. The Labute approximate surface area is 83.0 Å². The standard InChI is InChI=1S/C11H13NO2/c1-7-4-3-5-8-6-9(11(13)14)12(2)10(7)8/h3-5,9H,6H2,1-2H3,(H,13,14). The Kier molecular flexibility index (Phi) is 1.95. The van der Waals surface area contributed by atoms with E-state index in [1.54, 1.807) is 0 Å². The number of likely N-dealkylation sites (N-methyl/N-ethyl adjacent to an activating group) is 1. The summed E-state index contributed by atoms with van der Waals surface area (Å²) in [6.07, 6.45) is 0.614. The lowest BCUT2D eigenvalue weighted by Gasteiger charge is -2.20. The van der Waals surface area contributed by atoms with Crippen molar-refractivity contribution in [2.75, 3.05) is 11.9 Å². The summed E-state index contributed by atoms with van der Waals surface area (Å²) in [6, 6.07) is 5.60. The first-order valence-electron chi connectivity index (χ1n) is 4.65. The third-order valence-corrected chi connectivity index (χ3v) is 2.84. The van der Waals surface area contributed by atoms with Gasteiger partial charge in [-0.1, -0.05) is 18.2 Å². The van der Waals surface area contributed by atoms with Crippen molar-refractivity contribution in [1.29, 1.82) is 0 Å². The maximum atomic E-state index is 11.0. The lowest BCUT2D eigenvalue weighted by atomic mass is 10.1. The summed E-state index contributed by atoms with van der Waals surface area (Å²) in [6.45, 7) is 2.01. The monoisotopic (exact) mass is 191 g/mol. The van der Waals surface area contributed by atoms with Crippen LogP contribution < -0.4 is 4.90 Å². The molecule has 2 rings (SSSR count). The molecule has 1 aliphatic heterocycles. The molecule has 3 nitrogen and oxygen atoms in total. The average molecular weight is 191 g/mol. The second-order valence-electron chi connectivity index (χ2n) is 3.75. The molecule has 0 aromatic heterocycles. The second-order valence-corrected chi connectivity index (χ2v) is 3.75. The number of fused-ring (bicyclic) bond motifs is 1. The number of para-hydroxylation sites is 1. The Morgan fingerprint density at radius 2 is 2.29 bits per heavy atom. The minimum Gasteiger partial charge on any atom is -0.480 e. The van der Waals surface area contributed by atoms with E-state index in [-0.39, 0.29) is 0 Å². The number of anilines is 1. The van der Waals surface area contributed by atoms with Gasteiger partial charge in [0.25, 0.3) is 0 Å². The number of carboxylic acid groups (broad SMARTS) is 1. The molecule has 1 aromatic rings. The van der Waals surface area contributed by atoms with Gasteiger partial charge in [0.05, 0.1) is 0 Å². The average Bonchev–Trinajstić information content (AvgIpc) is 2.45. The number of aryl methyl sites for hydroxylation is 1. The van der Waals surface area contributed by atoms with Gasteiger partial charge in [0.1, 0.15) is 6.04 Å². The predicted octanol–water partition coefficient (Wildman–Crippen LogP) is 1.44. The number of nitrogens with zero attached hydrogens (tertiary/aromatic N) is 1. The molecule has 1 heterocycles. The zero-order valence-corrected chi connectivity index (χ0v) is 8.32. The number of rotatable bonds is 1. The van der Waals surface area contributed by atoms with Crippen LogP contribution in [0.3, 0.4) is 0 Å². The number of carbonyl (C=O) groups is 1. The van der Waals surface area contributed by atoms with Crippen molar-refractivity contribution in [2.24, 2.45) is 0 Å². The van der Waals surface area contributed by atoms with Crippen LogP contribution in [0, 0.1) is 6.92 Å². The number of hydrogen-bond acceptors (Lipinski definition) is 2. The molecule has 1 aliphatic rings. The molecule has 0 spiro atoms. The maximum Gasteiger partial charge on any atom is 0.326 e. The number of aliphatic carboxylic acids is 1. The van der Waals surface area contributed by atoms with Gasteiger partial charge in [0.15, 0.2) is 0 Å². The van der Waals surface area contributed by atoms with Gasteiger partial charge >= 0.3 is 5.97 Å². The third-order valence-electron chi connectivity index (χ3n) is 2.84. The maximum absolute atomic E-state index is 11.0. The van der Waals surface area contributed by atoms with Crippen LogP contribution in [0.4, 0.5) is 5.69 Å². The molecule has 0 saturated carbocycles.